The number of aliphatic hydroxyl groups is 2. The number of halogens is 3. The minimum Gasteiger partial charge on any atom is -0.387 e. The van der Waals surface area contributed by atoms with Gasteiger partial charge in [-0.1, -0.05) is 12.8 Å². The quantitative estimate of drug-likeness (QED) is 0.793. The molecule has 1 aliphatic heterocycles. The molecule has 1 unspecified atom stereocenters. The SMILES string of the molecule is OC(CN1CC(O)(C2CCCC2)C1)C(F)(F)F. The Balaban J connectivity index is 1.78. The predicted molar refractivity (Wildman–Crippen MR) is 55.4 cm³/mol. The molecule has 0 bridgehead atoms. The summed E-state index contributed by atoms with van der Waals surface area (Å²) in [5, 5.41) is 19.1. The minimum atomic E-state index is -4.57. The van der Waals surface area contributed by atoms with Crippen LogP contribution >= 0.6 is 0 Å². The molecule has 1 saturated heterocycles. The smallest absolute Gasteiger partial charge is 0.387 e. The number of β-amino-alcohol motifs (C(OH)–C–C–N with tert-alkyl or cyclic N) is 2. The lowest BCUT2D eigenvalue weighted by atomic mass is 9.79. The fourth-order valence-electron chi connectivity index (χ4n) is 2.93. The van der Waals surface area contributed by atoms with E-state index >= 15 is 0 Å². The Hall–Kier alpha value is -0.330. The molecule has 17 heavy (non-hydrogen) atoms. The lowest BCUT2D eigenvalue weighted by Gasteiger charge is -2.50. The predicted octanol–water partition coefficient (Wildman–Crippen LogP) is 1.15. The third-order valence-electron chi connectivity index (χ3n) is 3.92. The van der Waals surface area contributed by atoms with Gasteiger partial charge in [-0.2, -0.15) is 13.2 Å². The Morgan fingerprint density at radius 3 is 2.24 bits per heavy atom. The van der Waals surface area contributed by atoms with E-state index in [-0.39, 0.29) is 19.0 Å². The van der Waals surface area contributed by atoms with Gasteiger partial charge in [0.2, 0.25) is 0 Å². The summed E-state index contributed by atoms with van der Waals surface area (Å²) in [5.41, 5.74) is -0.818. The molecule has 2 N–H and O–H groups in total. The molecule has 1 saturated carbocycles. The molecule has 0 aromatic carbocycles. The summed E-state index contributed by atoms with van der Waals surface area (Å²) >= 11 is 0. The van der Waals surface area contributed by atoms with Crippen LogP contribution in [0.5, 0.6) is 0 Å². The number of likely N-dealkylation sites (tertiary alicyclic amines) is 1. The lowest BCUT2D eigenvalue weighted by Crippen LogP contribution is -2.66. The number of nitrogens with zero attached hydrogens (tertiary/aromatic N) is 1. The van der Waals surface area contributed by atoms with Gasteiger partial charge in [0.05, 0.1) is 5.60 Å². The maximum absolute atomic E-state index is 12.1. The number of aliphatic hydroxyl groups excluding tert-OH is 1. The second-order valence-electron chi connectivity index (χ2n) is 5.31. The zero-order chi connectivity index (χ0) is 12.7. The van der Waals surface area contributed by atoms with Gasteiger partial charge >= 0.3 is 6.18 Å². The zero-order valence-electron chi connectivity index (χ0n) is 9.58. The first-order valence-corrected chi connectivity index (χ1v) is 6.01. The molecule has 1 aliphatic carbocycles. The highest BCUT2D eigenvalue weighted by molar-refractivity contribution is 5.02. The van der Waals surface area contributed by atoms with Crippen molar-refractivity contribution in [2.24, 2.45) is 5.92 Å². The monoisotopic (exact) mass is 253 g/mol. The second-order valence-corrected chi connectivity index (χ2v) is 5.31. The van der Waals surface area contributed by atoms with Crippen molar-refractivity contribution in [1.29, 1.82) is 0 Å². The Kier molecular flexibility index (Phi) is 3.40. The van der Waals surface area contributed by atoms with Crippen LogP contribution in [-0.4, -0.2) is 52.6 Å². The summed E-state index contributed by atoms with van der Waals surface area (Å²) in [6.07, 6.45) is -2.76. The standard InChI is InChI=1S/C11H18F3NO2/c12-11(13,14)9(16)5-15-6-10(17,7-15)8-3-1-2-4-8/h8-9,16-17H,1-7H2. The molecule has 0 aromatic rings. The van der Waals surface area contributed by atoms with E-state index in [1.165, 1.54) is 4.90 Å². The Labute approximate surface area is 98.2 Å². The van der Waals surface area contributed by atoms with Gasteiger partial charge in [-0.15, -0.1) is 0 Å². The van der Waals surface area contributed by atoms with Gasteiger partial charge in [0.15, 0.2) is 6.10 Å². The third kappa shape index (κ3) is 2.74. The summed E-state index contributed by atoms with van der Waals surface area (Å²) in [6, 6.07) is 0. The van der Waals surface area contributed by atoms with Crippen LogP contribution in [0.2, 0.25) is 0 Å². The van der Waals surface area contributed by atoms with Crippen molar-refractivity contribution < 1.29 is 23.4 Å². The van der Waals surface area contributed by atoms with E-state index in [0.717, 1.165) is 25.7 Å². The molecule has 2 aliphatic rings. The number of rotatable bonds is 3. The van der Waals surface area contributed by atoms with Crippen molar-refractivity contribution in [2.45, 2.75) is 43.6 Å². The topological polar surface area (TPSA) is 43.7 Å². The molecule has 0 aromatic heterocycles. The van der Waals surface area contributed by atoms with Gasteiger partial charge in [0.25, 0.3) is 0 Å². The Bertz CT molecular complexity index is 270. The number of hydrogen-bond donors (Lipinski definition) is 2. The van der Waals surface area contributed by atoms with Gasteiger partial charge in [-0.3, -0.25) is 4.90 Å². The molecule has 1 heterocycles. The summed E-state index contributed by atoms with van der Waals surface area (Å²) in [6.45, 7) is 0.0775. The van der Waals surface area contributed by atoms with Crippen molar-refractivity contribution in [3.8, 4) is 0 Å². The molecule has 0 spiro atoms. The van der Waals surface area contributed by atoms with Crippen LogP contribution in [0, 0.1) is 5.92 Å². The average molecular weight is 253 g/mol. The van der Waals surface area contributed by atoms with Crippen LogP contribution in [0.3, 0.4) is 0 Å². The van der Waals surface area contributed by atoms with Crippen molar-refractivity contribution in [2.75, 3.05) is 19.6 Å². The fraction of sp³-hybridized carbons (Fsp3) is 1.00. The van der Waals surface area contributed by atoms with E-state index in [0.29, 0.717) is 0 Å². The second kappa shape index (κ2) is 4.40. The molecule has 3 nitrogen and oxygen atoms in total. The molecule has 2 rings (SSSR count). The largest absolute Gasteiger partial charge is 0.415 e. The minimum absolute atomic E-state index is 0.224. The first-order valence-electron chi connectivity index (χ1n) is 6.01. The molecule has 6 heteroatoms. The summed E-state index contributed by atoms with van der Waals surface area (Å²) in [4.78, 5) is 1.47. The third-order valence-corrected chi connectivity index (χ3v) is 3.92. The highest BCUT2D eigenvalue weighted by Crippen LogP contribution is 2.39. The van der Waals surface area contributed by atoms with Gasteiger partial charge < -0.3 is 10.2 Å². The highest BCUT2D eigenvalue weighted by atomic mass is 19.4. The van der Waals surface area contributed by atoms with Gasteiger partial charge in [0.1, 0.15) is 0 Å². The van der Waals surface area contributed by atoms with Crippen LogP contribution in [0.25, 0.3) is 0 Å². The van der Waals surface area contributed by atoms with E-state index in [1.807, 2.05) is 0 Å². The summed E-state index contributed by atoms with van der Waals surface area (Å²) in [7, 11) is 0. The molecule has 100 valence electrons. The van der Waals surface area contributed by atoms with Crippen LogP contribution in [-0.2, 0) is 0 Å². The first-order chi connectivity index (χ1) is 7.81. The van der Waals surface area contributed by atoms with Crippen LogP contribution in [0.15, 0.2) is 0 Å². The molecular weight excluding hydrogens is 235 g/mol. The molecule has 0 amide bonds. The van der Waals surface area contributed by atoms with Gasteiger partial charge in [0, 0.05) is 19.6 Å². The van der Waals surface area contributed by atoms with Crippen LogP contribution in [0.4, 0.5) is 13.2 Å². The molecule has 1 atom stereocenters. The Morgan fingerprint density at radius 2 is 1.76 bits per heavy atom. The first kappa shape index (κ1) is 13.1. The van der Waals surface area contributed by atoms with Gasteiger partial charge in [-0.05, 0) is 18.8 Å². The average Bonchev–Trinajstić information content (AvgIpc) is 2.66. The van der Waals surface area contributed by atoms with E-state index in [4.69, 9.17) is 5.11 Å². The van der Waals surface area contributed by atoms with Gasteiger partial charge in [-0.25, -0.2) is 0 Å². The number of alkyl halides is 3. The molecule has 0 radical (unpaired) electrons. The van der Waals surface area contributed by atoms with E-state index < -0.39 is 24.4 Å². The van der Waals surface area contributed by atoms with Crippen molar-refractivity contribution in [3.05, 3.63) is 0 Å². The van der Waals surface area contributed by atoms with Crippen LogP contribution < -0.4 is 0 Å². The van der Waals surface area contributed by atoms with Crippen molar-refractivity contribution in [3.63, 3.8) is 0 Å². The summed E-state index contributed by atoms with van der Waals surface area (Å²) in [5.74, 6) is 0.224. The molecular formula is C11H18F3NO2. The zero-order valence-corrected chi connectivity index (χ0v) is 9.58. The normalized spacial score (nSPS) is 28.1. The Morgan fingerprint density at radius 1 is 1.24 bits per heavy atom. The maximum Gasteiger partial charge on any atom is 0.415 e. The maximum atomic E-state index is 12.1. The van der Waals surface area contributed by atoms with E-state index in [9.17, 15) is 18.3 Å². The fourth-order valence-corrected chi connectivity index (χ4v) is 2.93. The molecule has 2 fully saturated rings. The summed E-state index contributed by atoms with van der Waals surface area (Å²) < 4.78 is 36.4. The highest BCUT2D eigenvalue weighted by Gasteiger charge is 2.50. The van der Waals surface area contributed by atoms with Crippen LogP contribution in [0.1, 0.15) is 25.7 Å². The van der Waals surface area contributed by atoms with E-state index in [2.05, 4.69) is 0 Å². The van der Waals surface area contributed by atoms with E-state index in [1.54, 1.807) is 0 Å². The van der Waals surface area contributed by atoms with Crippen molar-refractivity contribution >= 4 is 0 Å². The lowest BCUT2D eigenvalue weighted by molar-refractivity contribution is -0.222. The number of hydrogen-bond acceptors (Lipinski definition) is 3. The van der Waals surface area contributed by atoms with Crippen molar-refractivity contribution in [1.82, 2.24) is 4.90 Å².